The maximum absolute atomic E-state index is 9.64. The Morgan fingerprint density at radius 1 is 1.30 bits per heavy atom. The zero-order valence-corrected chi connectivity index (χ0v) is 12.9. The van der Waals surface area contributed by atoms with Gasteiger partial charge in [0.25, 0.3) is 0 Å². The summed E-state index contributed by atoms with van der Waals surface area (Å²) in [6, 6.07) is 5.66. The first kappa shape index (κ1) is 15.2. The Bertz CT molecular complexity index is 431. The number of likely N-dealkylation sites (tertiary alicyclic amines) is 1. The molecule has 0 aliphatic carbocycles. The molecule has 1 fully saturated rings. The van der Waals surface area contributed by atoms with Crippen LogP contribution in [-0.2, 0) is 6.54 Å². The summed E-state index contributed by atoms with van der Waals surface area (Å²) in [5, 5.41) is 9.64. The molecule has 20 heavy (non-hydrogen) atoms. The van der Waals surface area contributed by atoms with Crippen molar-refractivity contribution in [2.45, 2.75) is 39.7 Å². The first-order chi connectivity index (χ1) is 9.60. The average molecular weight is 277 g/mol. The number of ether oxygens (including phenoxy) is 1. The fraction of sp³-hybridized carbons (Fsp3) is 0.647. The summed E-state index contributed by atoms with van der Waals surface area (Å²) in [7, 11) is 1.60. The lowest BCUT2D eigenvalue weighted by Crippen LogP contribution is -2.24. The van der Waals surface area contributed by atoms with Gasteiger partial charge in [-0.05, 0) is 61.9 Å². The number of aromatic hydroxyl groups is 1. The highest BCUT2D eigenvalue weighted by Crippen LogP contribution is 2.28. The molecule has 1 aromatic rings. The van der Waals surface area contributed by atoms with Gasteiger partial charge >= 0.3 is 0 Å². The summed E-state index contributed by atoms with van der Waals surface area (Å²) in [6.07, 6.45) is 3.94. The van der Waals surface area contributed by atoms with E-state index in [4.69, 9.17) is 4.74 Å². The molecule has 1 unspecified atom stereocenters. The lowest BCUT2D eigenvalue weighted by molar-refractivity contribution is 0.264. The number of nitrogens with zero attached hydrogens (tertiary/aromatic N) is 1. The Balaban J connectivity index is 1.96. The molecule has 1 saturated heterocycles. The molecule has 0 bridgehead atoms. The van der Waals surface area contributed by atoms with Crippen LogP contribution in [0.25, 0.3) is 0 Å². The first-order valence-corrected chi connectivity index (χ1v) is 7.68. The zero-order chi connectivity index (χ0) is 14.5. The minimum atomic E-state index is 0.215. The SMILES string of the molecule is COc1cc(CN2CCCC(C(C)C)CC2)ccc1O. The van der Waals surface area contributed by atoms with Crippen molar-refractivity contribution in [1.29, 1.82) is 0 Å². The monoisotopic (exact) mass is 277 g/mol. The third-order valence-electron chi connectivity index (χ3n) is 4.46. The number of hydrogen-bond donors (Lipinski definition) is 1. The Morgan fingerprint density at radius 2 is 2.10 bits per heavy atom. The van der Waals surface area contributed by atoms with Crippen molar-refractivity contribution < 1.29 is 9.84 Å². The van der Waals surface area contributed by atoms with Crippen LogP contribution in [0.3, 0.4) is 0 Å². The van der Waals surface area contributed by atoms with E-state index in [9.17, 15) is 5.11 Å². The van der Waals surface area contributed by atoms with Gasteiger partial charge in [-0.15, -0.1) is 0 Å². The van der Waals surface area contributed by atoms with Crippen molar-refractivity contribution in [3.63, 3.8) is 0 Å². The van der Waals surface area contributed by atoms with E-state index in [1.165, 1.54) is 37.9 Å². The molecule has 0 aromatic heterocycles. The molecule has 3 heteroatoms. The van der Waals surface area contributed by atoms with Crippen LogP contribution < -0.4 is 4.74 Å². The molecule has 0 saturated carbocycles. The van der Waals surface area contributed by atoms with E-state index in [2.05, 4.69) is 18.7 Å². The molecule has 1 aromatic carbocycles. The minimum absolute atomic E-state index is 0.215. The van der Waals surface area contributed by atoms with Crippen LogP contribution in [0.1, 0.15) is 38.7 Å². The molecular weight excluding hydrogens is 250 g/mol. The van der Waals surface area contributed by atoms with Gasteiger partial charge < -0.3 is 9.84 Å². The van der Waals surface area contributed by atoms with Crippen molar-refractivity contribution in [2.75, 3.05) is 20.2 Å². The zero-order valence-electron chi connectivity index (χ0n) is 12.9. The van der Waals surface area contributed by atoms with Gasteiger partial charge in [0.05, 0.1) is 7.11 Å². The fourth-order valence-corrected chi connectivity index (χ4v) is 3.08. The lowest BCUT2D eigenvalue weighted by atomic mass is 9.89. The third kappa shape index (κ3) is 3.89. The molecule has 1 heterocycles. The van der Waals surface area contributed by atoms with Gasteiger partial charge in [0.2, 0.25) is 0 Å². The Labute approximate surface area is 122 Å². The van der Waals surface area contributed by atoms with Crippen molar-refractivity contribution >= 4 is 0 Å². The van der Waals surface area contributed by atoms with Gasteiger partial charge in [-0.3, -0.25) is 4.90 Å². The number of benzene rings is 1. The van der Waals surface area contributed by atoms with E-state index in [-0.39, 0.29) is 5.75 Å². The van der Waals surface area contributed by atoms with Crippen molar-refractivity contribution in [3.05, 3.63) is 23.8 Å². The summed E-state index contributed by atoms with van der Waals surface area (Å²) in [5.41, 5.74) is 1.21. The van der Waals surface area contributed by atoms with E-state index >= 15 is 0 Å². The van der Waals surface area contributed by atoms with Crippen LogP contribution in [0, 0.1) is 11.8 Å². The van der Waals surface area contributed by atoms with Gasteiger partial charge in [-0.1, -0.05) is 19.9 Å². The lowest BCUT2D eigenvalue weighted by Gasteiger charge is -2.21. The van der Waals surface area contributed by atoms with Crippen LogP contribution in [0.5, 0.6) is 11.5 Å². The van der Waals surface area contributed by atoms with Crippen molar-refractivity contribution in [2.24, 2.45) is 11.8 Å². The van der Waals surface area contributed by atoms with Crippen LogP contribution >= 0.6 is 0 Å². The summed E-state index contributed by atoms with van der Waals surface area (Å²) in [6.45, 7) is 7.97. The summed E-state index contributed by atoms with van der Waals surface area (Å²) >= 11 is 0. The summed E-state index contributed by atoms with van der Waals surface area (Å²) < 4.78 is 5.18. The predicted octanol–water partition coefficient (Wildman–Crippen LogP) is 3.66. The van der Waals surface area contributed by atoms with Gasteiger partial charge in [-0.25, -0.2) is 0 Å². The molecule has 3 nitrogen and oxygen atoms in total. The molecule has 1 atom stereocenters. The molecule has 0 amide bonds. The summed E-state index contributed by atoms with van der Waals surface area (Å²) in [4.78, 5) is 2.52. The largest absolute Gasteiger partial charge is 0.504 e. The Kier molecular flexibility index (Phi) is 5.30. The molecule has 2 rings (SSSR count). The van der Waals surface area contributed by atoms with E-state index in [1.807, 2.05) is 12.1 Å². The normalized spacial score (nSPS) is 20.9. The summed E-state index contributed by atoms with van der Waals surface area (Å²) in [5.74, 6) is 2.45. The highest BCUT2D eigenvalue weighted by atomic mass is 16.5. The second kappa shape index (κ2) is 6.98. The Morgan fingerprint density at radius 3 is 2.80 bits per heavy atom. The molecule has 0 spiro atoms. The standard InChI is InChI=1S/C17H27NO2/c1-13(2)15-5-4-9-18(10-8-15)12-14-6-7-16(19)17(11-14)20-3/h6-7,11,13,15,19H,4-5,8-10,12H2,1-3H3. The number of phenolic OH excluding ortho intramolecular Hbond substituents is 1. The quantitative estimate of drug-likeness (QED) is 0.911. The van der Waals surface area contributed by atoms with Gasteiger partial charge in [-0.2, -0.15) is 0 Å². The highest BCUT2D eigenvalue weighted by Gasteiger charge is 2.19. The first-order valence-electron chi connectivity index (χ1n) is 7.68. The number of hydrogen-bond acceptors (Lipinski definition) is 3. The second-order valence-electron chi connectivity index (χ2n) is 6.22. The van der Waals surface area contributed by atoms with Gasteiger partial charge in [0.15, 0.2) is 11.5 Å². The second-order valence-corrected chi connectivity index (χ2v) is 6.22. The van der Waals surface area contributed by atoms with Crippen LogP contribution in [0.2, 0.25) is 0 Å². The number of methoxy groups -OCH3 is 1. The number of rotatable bonds is 4. The van der Waals surface area contributed by atoms with Gasteiger partial charge in [0.1, 0.15) is 0 Å². The third-order valence-corrected chi connectivity index (χ3v) is 4.46. The van der Waals surface area contributed by atoms with E-state index in [1.54, 1.807) is 13.2 Å². The highest BCUT2D eigenvalue weighted by molar-refractivity contribution is 5.41. The minimum Gasteiger partial charge on any atom is -0.504 e. The maximum Gasteiger partial charge on any atom is 0.160 e. The van der Waals surface area contributed by atoms with Crippen LogP contribution in [-0.4, -0.2) is 30.2 Å². The smallest absolute Gasteiger partial charge is 0.160 e. The van der Waals surface area contributed by atoms with E-state index < -0.39 is 0 Å². The molecule has 1 N–H and O–H groups in total. The molecular formula is C17H27NO2. The molecule has 1 aliphatic rings. The average Bonchev–Trinajstić information content (AvgIpc) is 2.66. The van der Waals surface area contributed by atoms with E-state index in [0.29, 0.717) is 5.75 Å². The fourth-order valence-electron chi connectivity index (χ4n) is 3.08. The molecule has 1 aliphatic heterocycles. The van der Waals surface area contributed by atoms with Crippen molar-refractivity contribution in [1.82, 2.24) is 4.90 Å². The van der Waals surface area contributed by atoms with Crippen molar-refractivity contribution in [3.8, 4) is 11.5 Å². The van der Waals surface area contributed by atoms with Crippen LogP contribution in [0.15, 0.2) is 18.2 Å². The topological polar surface area (TPSA) is 32.7 Å². The maximum atomic E-state index is 9.64. The molecule has 112 valence electrons. The van der Waals surface area contributed by atoms with Gasteiger partial charge in [0, 0.05) is 6.54 Å². The van der Waals surface area contributed by atoms with Crippen LogP contribution in [0.4, 0.5) is 0 Å². The van der Waals surface area contributed by atoms with E-state index in [0.717, 1.165) is 18.4 Å². The number of phenols is 1. The molecule has 0 radical (unpaired) electrons. The Hall–Kier alpha value is -1.22. The predicted molar refractivity (Wildman–Crippen MR) is 82.1 cm³/mol.